The fourth-order valence-corrected chi connectivity index (χ4v) is 2.35. The van der Waals surface area contributed by atoms with Crippen molar-refractivity contribution in [2.45, 2.75) is 53.4 Å². The van der Waals surface area contributed by atoms with Gasteiger partial charge in [0, 0.05) is 0 Å². The van der Waals surface area contributed by atoms with Crippen molar-refractivity contribution in [3.05, 3.63) is 0 Å². The van der Waals surface area contributed by atoms with Gasteiger partial charge in [0.1, 0.15) is 13.2 Å². The summed E-state index contributed by atoms with van der Waals surface area (Å²) in [4.78, 5) is 0. The first kappa shape index (κ1) is 16.6. The Morgan fingerprint density at radius 3 is 1.89 bits per heavy atom. The third-order valence-corrected chi connectivity index (χ3v) is 3.58. The van der Waals surface area contributed by atoms with Crippen molar-refractivity contribution in [2.24, 2.45) is 10.8 Å². The lowest BCUT2D eigenvalue weighted by atomic mass is 9.69. The van der Waals surface area contributed by atoms with Crippen molar-refractivity contribution in [3.63, 3.8) is 0 Å². The maximum atomic E-state index is 8.39. The van der Waals surface area contributed by atoms with Crippen molar-refractivity contribution in [3.8, 4) is 12.5 Å². The van der Waals surface area contributed by atoms with Gasteiger partial charge in [-0.3, -0.25) is 0 Å². The number of hydrogen-bond donors (Lipinski definition) is 0. The molecule has 1 unspecified atom stereocenters. The molecule has 0 aliphatic carbocycles. The number of ether oxygens (including phenoxy) is 2. The van der Waals surface area contributed by atoms with E-state index in [1.807, 2.05) is 0 Å². The van der Waals surface area contributed by atoms with Gasteiger partial charge in [-0.25, -0.2) is 0 Å². The molecule has 4 heteroatoms. The van der Waals surface area contributed by atoms with Crippen molar-refractivity contribution in [1.82, 2.24) is 0 Å². The fourth-order valence-electron chi connectivity index (χ4n) is 2.35. The van der Waals surface area contributed by atoms with Gasteiger partial charge in [0.2, 0.25) is 0 Å². The zero-order valence-corrected chi connectivity index (χ0v) is 12.0. The van der Waals surface area contributed by atoms with E-state index in [9.17, 15) is 0 Å². The topological polar surface area (TPSA) is 66.0 Å². The molecule has 0 aromatic rings. The molecule has 4 nitrogen and oxygen atoms in total. The van der Waals surface area contributed by atoms with Crippen molar-refractivity contribution < 1.29 is 9.47 Å². The van der Waals surface area contributed by atoms with Crippen LogP contribution in [0.15, 0.2) is 0 Å². The molecule has 0 aliphatic rings. The molecule has 1 atom stereocenters. The number of nitriles is 2. The summed E-state index contributed by atoms with van der Waals surface area (Å²) in [7, 11) is 0. The summed E-state index contributed by atoms with van der Waals surface area (Å²) < 4.78 is 9.54. The third-order valence-electron chi connectivity index (χ3n) is 3.58. The van der Waals surface area contributed by atoms with Crippen molar-refractivity contribution in [1.29, 1.82) is 10.5 Å². The van der Waals surface area contributed by atoms with Crippen LogP contribution in [0.5, 0.6) is 0 Å². The molecule has 0 amide bonds. The standard InChI is InChI=1S/C14H24N2O2/c1-5-14(4,7-9-18-12-16)10-13(2,3)6-8-17-11-15/h5-10H2,1-4H3. The first-order chi connectivity index (χ1) is 8.39. The second-order valence-electron chi connectivity index (χ2n) is 5.88. The summed E-state index contributed by atoms with van der Waals surface area (Å²) in [5, 5.41) is 16.8. The fraction of sp³-hybridized carbons (Fsp3) is 0.857. The van der Waals surface area contributed by atoms with E-state index in [0.29, 0.717) is 13.2 Å². The van der Waals surface area contributed by atoms with Gasteiger partial charge in [0.25, 0.3) is 12.5 Å². The maximum Gasteiger partial charge on any atom is 0.286 e. The molecular formula is C14H24N2O2. The van der Waals surface area contributed by atoms with Gasteiger partial charge in [-0.2, -0.15) is 10.5 Å². The van der Waals surface area contributed by atoms with Gasteiger partial charge < -0.3 is 9.47 Å². The van der Waals surface area contributed by atoms with Crippen molar-refractivity contribution in [2.75, 3.05) is 13.2 Å². The molecule has 0 aliphatic heterocycles. The molecule has 0 N–H and O–H groups in total. The Bertz CT molecular complexity index is 315. The average Bonchev–Trinajstić information content (AvgIpc) is 2.29. The van der Waals surface area contributed by atoms with Crippen LogP contribution in [0.1, 0.15) is 53.4 Å². The lowest BCUT2D eigenvalue weighted by Gasteiger charge is -2.36. The van der Waals surface area contributed by atoms with Crippen LogP contribution >= 0.6 is 0 Å². The highest BCUT2D eigenvalue weighted by atomic mass is 16.5. The van der Waals surface area contributed by atoms with E-state index in [2.05, 4.69) is 27.7 Å². The van der Waals surface area contributed by atoms with Crippen LogP contribution in [0.2, 0.25) is 0 Å². The van der Waals surface area contributed by atoms with E-state index in [1.54, 1.807) is 12.5 Å². The Labute approximate surface area is 110 Å². The zero-order chi connectivity index (χ0) is 14.1. The first-order valence-corrected chi connectivity index (χ1v) is 6.41. The largest absolute Gasteiger partial charge is 0.427 e. The first-order valence-electron chi connectivity index (χ1n) is 6.41. The number of nitrogens with zero attached hydrogens (tertiary/aromatic N) is 2. The summed E-state index contributed by atoms with van der Waals surface area (Å²) in [5.41, 5.74) is 0.279. The quantitative estimate of drug-likeness (QED) is 0.464. The minimum atomic E-state index is 0.119. The van der Waals surface area contributed by atoms with Crippen LogP contribution in [0.4, 0.5) is 0 Å². The maximum absolute atomic E-state index is 8.39. The molecule has 102 valence electrons. The summed E-state index contributed by atoms with van der Waals surface area (Å²) in [6.07, 6.45) is 7.22. The van der Waals surface area contributed by atoms with Gasteiger partial charge in [0.05, 0.1) is 0 Å². The molecule has 18 heavy (non-hydrogen) atoms. The highest BCUT2D eigenvalue weighted by Crippen LogP contribution is 2.40. The molecule has 0 heterocycles. The number of hydrogen-bond acceptors (Lipinski definition) is 4. The summed E-state index contributed by atoms with van der Waals surface area (Å²) in [5.74, 6) is 0. The molecule has 0 fully saturated rings. The zero-order valence-electron chi connectivity index (χ0n) is 12.0. The normalized spacial score (nSPS) is 14.1. The minimum absolute atomic E-state index is 0.119. The van der Waals surface area contributed by atoms with Crippen molar-refractivity contribution >= 4 is 0 Å². The Morgan fingerprint density at radius 2 is 1.44 bits per heavy atom. The monoisotopic (exact) mass is 252 g/mol. The van der Waals surface area contributed by atoms with Gasteiger partial charge in [-0.15, -0.1) is 0 Å². The van der Waals surface area contributed by atoms with Gasteiger partial charge in [-0.05, 0) is 30.1 Å². The van der Waals surface area contributed by atoms with Crippen LogP contribution in [-0.4, -0.2) is 13.2 Å². The van der Waals surface area contributed by atoms with Gasteiger partial charge in [0.15, 0.2) is 0 Å². The van der Waals surface area contributed by atoms with E-state index in [1.165, 1.54) is 0 Å². The second-order valence-corrected chi connectivity index (χ2v) is 5.88. The van der Waals surface area contributed by atoms with E-state index in [4.69, 9.17) is 20.0 Å². The number of rotatable bonds is 9. The summed E-state index contributed by atoms with van der Waals surface area (Å²) >= 11 is 0. The lowest BCUT2D eigenvalue weighted by Crippen LogP contribution is -2.27. The van der Waals surface area contributed by atoms with E-state index >= 15 is 0 Å². The van der Waals surface area contributed by atoms with E-state index in [-0.39, 0.29) is 10.8 Å². The smallest absolute Gasteiger partial charge is 0.286 e. The van der Waals surface area contributed by atoms with Crippen LogP contribution in [-0.2, 0) is 9.47 Å². The van der Waals surface area contributed by atoms with Crippen LogP contribution in [0.3, 0.4) is 0 Å². The van der Waals surface area contributed by atoms with Crippen LogP contribution in [0.25, 0.3) is 0 Å². The molecule has 0 radical (unpaired) electrons. The SMILES string of the molecule is CCC(C)(CCOC#N)CC(C)(C)CCOC#N. The van der Waals surface area contributed by atoms with Crippen LogP contribution in [0, 0.1) is 33.9 Å². The van der Waals surface area contributed by atoms with Gasteiger partial charge >= 0.3 is 0 Å². The molecule has 0 saturated heterocycles. The molecule has 0 spiro atoms. The molecule has 0 saturated carbocycles. The predicted molar refractivity (Wildman–Crippen MR) is 69.2 cm³/mol. The summed E-state index contributed by atoms with van der Waals surface area (Å²) in [6, 6.07) is 0. The van der Waals surface area contributed by atoms with Gasteiger partial charge in [-0.1, -0.05) is 34.1 Å². The third kappa shape index (κ3) is 7.01. The highest BCUT2D eigenvalue weighted by molar-refractivity contribution is 4.82. The second kappa shape index (κ2) is 7.82. The highest BCUT2D eigenvalue weighted by Gasteiger charge is 2.31. The average molecular weight is 252 g/mol. The summed E-state index contributed by atoms with van der Waals surface area (Å²) in [6.45, 7) is 9.71. The molecule has 0 bridgehead atoms. The van der Waals surface area contributed by atoms with E-state index < -0.39 is 0 Å². The Kier molecular flexibility index (Phi) is 7.20. The van der Waals surface area contributed by atoms with E-state index in [0.717, 1.165) is 25.7 Å². The van der Waals surface area contributed by atoms with Crippen LogP contribution < -0.4 is 0 Å². The molecular weight excluding hydrogens is 228 g/mol. The minimum Gasteiger partial charge on any atom is -0.427 e. The molecule has 0 rings (SSSR count). The predicted octanol–water partition coefficient (Wildman–Crippen LogP) is 3.59. The molecule has 0 aromatic carbocycles. The Balaban J connectivity index is 4.31. The Morgan fingerprint density at radius 1 is 0.944 bits per heavy atom. The Hall–Kier alpha value is -1.42. The molecule has 0 aromatic heterocycles. The lowest BCUT2D eigenvalue weighted by molar-refractivity contribution is 0.100.